The fourth-order valence-corrected chi connectivity index (χ4v) is 2.04. The van der Waals surface area contributed by atoms with Gasteiger partial charge in [0.05, 0.1) is 0 Å². The third-order valence-electron chi connectivity index (χ3n) is 3.00. The van der Waals surface area contributed by atoms with Crippen LogP contribution in [-0.4, -0.2) is 6.54 Å². The van der Waals surface area contributed by atoms with Gasteiger partial charge >= 0.3 is 0 Å². The lowest BCUT2D eigenvalue weighted by Gasteiger charge is -2.22. The molecule has 0 radical (unpaired) electrons. The maximum atomic E-state index is 14.0. The monoisotopic (exact) mass is 255 g/mol. The van der Waals surface area contributed by atoms with Crippen molar-refractivity contribution in [3.8, 4) is 0 Å². The summed E-state index contributed by atoms with van der Waals surface area (Å²) in [5.74, 6) is -0.218. The first-order valence-electron chi connectivity index (χ1n) is 6.64. The van der Waals surface area contributed by atoms with Crippen LogP contribution in [0.5, 0.6) is 0 Å². The first-order valence-corrected chi connectivity index (χ1v) is 6.64. The van der Waals surface area contributed by atoms with Gasteiger partial charge in [-0.25, -0.2) is 8.78 Å². The van der Waals surface area contributed by atoms with E-state index in [9.17, 15) is 8.78 Å². The zero-order valence-electron chi connectivity index (χ0n) is 11.7. The number of benzene rings is 1. The highest BCUT2D eigenvalue weighted by Crippen LogP contribution is 2.26. The summed E-state index contributed by atoms with van der Waals surface area (Å²) < 4.78 is 27.5. The molecular formula is C15H23F2N. The molecule has 1 nitrogen and oxygen atoms in total. The molecule has 0 bridgehead atoms. The molecule has 0 saturated heterocycles. The molecule has 0 amide bonds. The van der Waals surface area contributed by atoms with Gasteiger partial charge in [0.2, 0.25) is 0 Å². The molecule has 0 fully saturated rings. The van der Waals surface area contributed by atoms with Crippen molar-refractivity contribution >= 4 is 0 Å². The van der Waals surface area contributed by atoms with Crippen molar-refractivity contribution < 1.29 is 8.78 Å². The molecule has 0 saturated carbocycles. The second kappa shape index (κ2) is 6.83. The Bertz CT molecular complexity index is 388. The summed E-state index contributed by atoms with van der Waals surface area (Å²) in [6.45, 7) is 8.63. The number of nitrogens with one attached hydrogen (secondary N) is 1. The van der Waals surface area contributed by atoms with Gasteiger partial charge in [-0.05, 0) is 49.9 Å². The highest BCUT2D eigenvalue weighted by atomic mass is 19.1. The van der Waals surface area contributed by atoms with Crippen molar-refractivity contribution in [2.45, 2.75) is 46.6 Å². The first kappa shape index (κ1) is 15.1. The average molecular weight is 255 g/mol. The molecule has 0 heterocycles. The molecule has 1 atom stereocenters. The number of aryl methyl sites for hydroxylation is 1. The molecule has 18 heavy (non-hydrogen) atoms. The van der Waals surface area contributed by atoms with E-state index in [1.165, 1.54) is 12.1 Å². The molecule has 0 aliphatic carbocycles. The lowest BCUT2D eigenvalue weighted by molar-refractivity contribution is 0.413. The van der Waals surface area contributed by atoms with Gasteiger partial charge in [-0.15, -0.1) is 0 Å². The van der Waals surface area contributed by atoms with Gasteiger partial charge in [0, 0.05) is 11.6 Å². The summed E-state index contributed by atoms with van der Waals surface area (Å²) >= 11 is 0. The molecule has 1 aromatic carbocycles. The van der Waals surface area contributed by atoms with Gasteiger partial charge in [-0.3, -0.25) is 0 Å². The van der Waals surface area contributed by atoms with Crippen molar-refractivity contribution in [3.63, 3.8) is 0 Å². The molecule has 1 rings (SSSR count). The summed E-state index contributed by atoms with van der Waals surface area (Å²) in [5.41, 5.74) is 0.801. The maximum absolute atomic E-state index is 14.0. The summed E-state index contributed by atoms with van der Waals surface area (Å²) in [4.78, 5) is 0. The predicted octanol–water partition coefficient (Wildman–Crippen LogP) is 4.36. The van der Waals surface area contributed by atoms with Gasteiger partial charge in [-0.2, -0.15) is 0 Å². The molecule has 0 spiro atoms. The molecular weight excluding hydrogens is 232 g/mol. The van der Waals surface area contributed by atoms with Gasteiger partial charge in [0.15, 0.2) is 0 Å². The Kier molecular flexibility index (Phi) is 5.73. The van der Waals surface area contributed by atoms with E-state index >= 15 is 0 Å². The standard InChI is InChI=1S/C15H23F2N/c1-5-6-18-15(7-10(2)3)12-9-13(16)11(4)8-14(12)17/h8-10,15,18H,5-7H2,1-4H3. The van der Waals surface area contributed by atoms with E-state index in [-0.39, 0.29) is 17.7 Å². The zero-order valence-corrected chi connectivity index (χ0v) is 11.7. The van der Waals surface area contributed by atoms with E-state index in [0.29, 0.717) is 17.0 Å². The third-order valence-corrected chi connectivity index (χ3v) is 3.00. The van der Waals surface area contributed by atoms with Crippen molar-refractivity contribution in [3.05, 3.63) is 34.9 Å². The third kappa shape index (κ3) is 4.05. The number of rotatable bonds is 6. The SMILES string of the molecule is CCCNC(CC(C)C)c1cc(F)c(C)cc1F. The fourth-order valence-electron chi connectivity index (χ4n) is 2.04. The molecule has 0 aromatic heterocycles. The smallest absolute Gasteiger partial charge is 0.128 e. The van der Waals surface area contributed by atoms with Gasteiger partial charge in [0.1, 0.15) is 11.6 Å². The predicted molar refractivity (Wildman–Crippen MR) is 71.6 cm³/mol. The van der Waals surface area contributed by atoms with Gasteiger partial charge in [0.25, 0.3) is 0 Å². The maximum Gasteiger partial charge on any atom is 0.128 e. The minimum Gasteiger partial charge on any atom is -0.310 e. The van der Waals surface area contributed by atoms with E-state index < -0.39 is 0 Å². The van der Waals surface area contributed by atoms with E-state index in [0.717, 1.165) is 19.4 Å². The molecule has 1 aromatic rings. The summed E-state index contributed by atoms with van der Waals surface area (Å²) in [7, 11) is 0. The number of halogens is 2. The van der Waals surface area contributed by atoms with Crippen molar-refractivity contribution in [2.75, 3.05) is 6.54 Å². The highest BCUT2D eigenvalue weighted by Gasteiger charge is 2.18. The Hall–Kier alpha value is -0.960. The van der Waals surface area contributed by atoms with E-state index in [2.05, 4.69) is 26.1 Å². The normalized spacial score (nSPS) is 13.1. The summed E-state index contributed by atoms with van der Waals surface area (Å²) in [5, 5.41) is 3.30. The van der Waals surface area contributed by atoms with Crippen LogP contribution in [0.25, 0.3) is 0 Å². The first-order chi connectivity index (χ1) is 8.45. The molecule has 0 aliphatic rings. The van der Waals surface area contributed by atoms with Crippen molar-refractivity contribution in [1.29, 1.82) is 0 Å². The Morgan fingerprint density at radius 2 is 1.83 bits per heavy atom. The lowest BCUT2D eigenvalue weighted by Crippen LogP contribution is -2.24. The van der Waals surface area contributed by atoms with E-state index in [1.54, 1.807) is 6.92 Å². The Morgan fingerprint density at radius 1 is 1.17 bits per heavy atom. The minimum atomic E-state index is -0.335. The topological polar surface area (TPSA) is 12.0 Å². The van der Waals surface area contributed by atoms with Crippen LogP contribution in [0.2, 0.25) is 0 Å². The summed E-state index contributed by atoms with van der Waals surface area (Å²) in [6.07, 6.45) is 1.78. The zero-order chi connectivity index (χ0) is 13.7. The van der Waals surface area contributed by atoms with Crippen LogP contribution in [0.4, 0.5) is 8.78 Å². The second-order valence-corrected chi connectivity index (χ2v) is 5.26. The summed E-state index contributed by atoms with van der Waals surface area (Å²) in [6, 6.07) is 2.51. The quantitative estimate of drug-likeness (QED) is 0.796. The largest absolute Gasteiger partial charge is 0.310 e. The van der Waals surface area contributed by atoms with Gasteiger partial charge in [-0.1, -0.05) is 20.8 Å². The molecule has 1 unspecified atom stereocenters. The Labute approximate surface area is 109 Å². The van der Waals surface area contributed by atoms with Crippen LogP contribution < -0.4 is 5.32 Å². The minimum absolute atomic E-state index is 0.111. The molecule has 3 heteroatoms. The Balaban J connectivity index is 2.99. The molecule has 1 N–H and O–H groups in total. The molecule has 102 valence electrons. The molecule has 0 aliphatic heterocycles. The van der Waals surface area contributed by atoms with Crippen LogP contribution in [0.15, 0.2) is 12.1 Å². The highest BCUT2D eigenvalue weighted by molar-refractivity contribution is 5.27. The van der Waals surface area contributed by atoms with Crippen LogP contribution in [0, 0.1) is 24.5 Å². The van der Waals surface area contributed by atoms with Crippen LogP contribution in [0.1, 0.15) is 50.8 Å². The van der Waals surface area contributed by atoms with Crippen LogP contribution >= 0.6 is 0 Å². The van der Waals surface area contributed by atoms with Gasteiger partial charge < -0.3 is 5.32 Å². The van der Waals surface area contributed by atoms with Crippen molar-refractivity contribution in [2.24, 2.45) is 5.92 Å². The fraction of sp³-hybridized carbons (Fsp3) is 0.600. The lowest BCUT2D eigenvalue weighted by atomic mass is 9.95. The average Bonchev–Trinajstić information content (AvgIpc) is 2.29. The van der Waals surface area contributed by atoms with E-state index in [1.807, 2.05) is 0 Å². The van der Waals surface area contributed by atoms with Crippen LogP contribution in [-0.2, 0) is 0 Å². The van der Waals surface area contributed by atoms with Crippen LogP contribution in [0.3, 0.4) is 0 Å². The van der Waals surface area contributed by atoms with E-state index in [4.69, 9.17) is 0 Å². The second-order valence-electron chi connectivity index (χ2n) is 5.26. The van der Waals surface area contributed by atoms with Crippen molar-refractivity contribution in [1.82, 2.24) is 5.32 Å². The Morgan fingerprint density at radius 3 is 2.39 bits per heavy atom. The number of hydrogen-bond acceptors (Lipinski definition) is 1. The number of hydrogen-bond donors (Lipinski definition) is 1.